The second kappa shape index (κ2) is 5.56. The highest BCUT2D eigenvalue weighted by Gasteiger charge is 2.07. The zero-order chi connectivity index (χ0) is 13.0. The summed E-state index contributed by atoms with van der Waals surface area (Å²) in [6, 6.07) is 13.8. The summed E-state index contributed by atoms with van der Waals surface area (Å²) in [6.07, 6.45) is 0. The lowest BCUT2D eigenvalue weighted by Crippen LogP contribution is -1.94. The average Bonchev–Trinajstić information content (AvgIpc) is 2.39. The predicted octanol–water partition coefficient (Wildman–Crippen LogP) is 3.09. The second-order valence-corrected chi connectivity index (χ2v) is 4.08. The van der Waals surface area contributed by atoms with Crippen molar-refractivity contribution in [3.05, 3.63) is 48.0 Å². The number of anilines is 1. The van der Waals surface area contributed by atoms with Gasteiger partial charge in [0.2, 0.25) is 0 Å². The van der Waals surface area contributed by atoms with E-state index in [1.165, 1.54) is 0 Å². The third kappa shape index (κ3) is 2.63. The smallest absolute Gasteiger partial charge is 0.119 e. The van der Waals surface area contributed by atoms with Crippen molar-refractivity contribution in [1.29, 1.82) is 0 Å². The molecule has 0 aliphatic rings. The minimum atomic E-state index is 0.543. The van der Waals surface area contributed by atoms with Gasteiger partial charge in [-0.15, -0.1) is 0 Å². The van der Waals surface area contributed by atoms with Gasteiger partial charge >= 0.3 is 0 Å². The van der Waals surface area contributed by atoms with Gasteiger partial charge in [0.15, 0.2) is 0 Å². The average molecular weight is 243 g/mol. The van der Waals surface area contributed by atoms with Crippen LogP contribution in [0.15, 0.2) is 42.5 Å². The molecule has 0 aromatic heterocycles. The van der Waals surface area contributed by atoms with Crippen molar-refractivity contribution in [2.45, 2.75) is 6.61 Å². The monoisotopic (exact) mass is 243 g/mol. The first-order valence-corrected chi connectivity index (χ1v) is 5.76. The standard InChI is InChI=1S/C15H17NO2/c1-17-10-12-9-14(18-2)6-7-15(12)11-4-3-5-13(16)8-11/h3-9H,10,16H2,1-2H3. The summed E-state index contributed by atoms with van der Waals surface area (Å²) in [4.78, 5) is 0. The van der Waals surface area contributed by atoms with E-state index < -0.39 is 0 Å². The Morgan fingerprint density at radius 2 is 1.89 bits per heavy atom. The molecular weight excluding hydrogens is 226 g/mol. The SMILES string of the molecule is COCc1cc(OC)ccc1-c1cccc(N)c1. The Kier molecular flexibility index (Phi) is 3.85. The third-order valence-electron chi connectivity index (χ3n) is 2.81. The molecule has 0 aliphatic carbocycles. The fourth-order valence-corrected chi connectivity index (χ4v) is 1.96. The fourth-order valence-electron chi connectivity index (χ4n) is 1.96. The molecule has 2 N–H and O–H groups in total. The summed E-state index contributed by atoms with van der Waals surface area (Å²) in [5, 5.41) is 0. The number of benzene rings is 2. The fraction of sp³-hybridized carbons (Fsp3) is 0.200. The van der Waals surface area contributed by atoms with Crippen molar-refractivity contribution in [1.82, 2.24) is 0 Å². The molecule has 3 nitrogen and oxygen atoms in total. The number of hydrogen-bond acceptors (Lipinski definition) is 3. The number of methoxy groups -OCH3 is 2. The van der Waals surface area contributed by atoms with E-state index in [0.717, 1.165) is 28.1 Å². The largest absolute Gasteiger partial charge is 0.497 e. The molecule has 0 saturated carbocycles. The van der Waals surface area contributed by atoms with Crippen LogP contribution in [0.25, 0.3) is 11.1 Å². The van der Waals surface area contributed by atoms with Crippen molar-refractivity contribution in [3.63, 3.8) is 0 Å². The first kappa shape index (κ1) is 12.5. The van der Waals surface area contributed by atoms with Gasteiger partial charge in [-0.25, -0.2) is 0 Å². The van der Waals surface area contributed by atoms with Gasteiger partial charge in [-0.2, -0.15) is 0 Å². The van der Waals surface area contributed by atoms with Crippen LogP contribution in [0.2, 0.25) is 0 Å². The molecule has 0 saturated heterocycles. The van der Waals surface area contributed by atoms with Crippen LogP contribution < -0.4 is 10.5 Å². The molecule has 2 aromatic carbocycles. The number of ether oxygens (including phenoxy) is 2. The van der Waals surface area contributed by atoms with E-state index in [0.29, 0.717) is 6.61 Å². The van der Waals surface area contributed by atoms with Gasteiger partial charge < -0.3 is 15.2 Å². The molecule has 2 aromatic rings. The van der Waals surface area contributed by atoms with Crippen LogP contribution in [-0.2, 0) is 11.3 Å². The maximum Gasteiger partial charge on any atom is 0.119 e. The maximum absolute atomic E-state index is 5.82. The third-order valence-corrected chi connectivity index (χ3v) is 2.81. The Hall–Kier alpha value is -2.00. The van der Waals surface area contributed by atoms with Crippen LogP contribution in [0, 0.1) is 0 Å². The number of nitrogen functional groups attached to an aromatic ring is 1. The molecule has 3 heteroatoms. The van der Waals surface area contributed by atoms with Crippen LogP contribution in [0.4, 0.5) is 5.69 Å². The molecule has 0 spiro atoms. The Morgan fingerprint density at radius 1 is 1.06 bits per heavy atom. The molecule has 0 radical (unpaired) electrons. The van der Waals surface area contributed by atoms with E-state index in [1.54, 1.807) is 14.2 Å². The lowest BCUT2D eigenvalue weighted by molar-refractivity contribution is 0.185. The summed E-state index contributed by atoms with van der Waals surface area (Å²) in [5.74, 6) is 0.828. The lowest BCUT2D eigenvalue weighted by atomic mass is 9.99. The van der Waals surface area contributed by atoms with Gasteiger partial charge in [0.25, 0.3) is 0 Å². The highest BCUT2D eigenvalue weighted by molar-refractivity contribution is 5.71. The van der Waals surface area contributed by atoms with Crippen molar-refractivity contribution in [3.8, 4) is 16.9 Å². The number of nitrogens with two attached hydrogens (primary N) is 1. The summed E-state index contributed by atoms with van der Waals surface area (Å²) in [6.45, 7) is 0.543. The molecule has 0 bridgehead atoms. The van der Waals surface area contributed by atoms with Gasteiger partial charge in [-0.3, -0.25) is 0 Å². The van der Waals surface area contributed by atoms with Crippen molar-refractivity contribution >= 4 is 5.69 Å². The van der Waals surface area contributed by atoms with Gasteiger partial charge in [-0.1, -0.05) is 18.2 Å². The second-order valence-electron chi connectivity index (χ2n) is 4.08. The zero-order valence-electron chi connectivity index (χ0n) is 10.6. The summed E-state index contributed by atoms with van der Waals surface area (Å²) in [7, 11) is 3.34. The van der Waals surface area contributed by atoms with Gasteiger partial charge in [-0.05, 0) is 41.0 Å². The molecule has 0 heterocycles. The molecular formula is C15H17NO2. The van der Waals surface area contributed by atoms with E-state index in [9.17, 15) is 0 Å². The van der Waals surface area contributed by atoms with E-state index in [4.69, 9.17) is 15.2 Å². The van der Waals surface area contributed by atoms with Crippen LogP contribution >= 0.6 is 0 Å². The van der Waals surface area contributed by atoms with Crippen molar-refractivity contribution in [2.24, 2.45) is 0 Å². The Balaban J connectivity index is 2.49. The Morgan fingerprint density at radius 3 is 2.56 bits per heavy atom. The summed E-state index contributed by atoms with van der Waals surface area (Å²) >= 11 is 0. The van der Waals surface area contributed by atoms with Crippen molar-refractivity contribution < 1.29 is 9.47 Å². The topological polar surface area (TPSA) is 44.5 Å². The molecule has 0 unspecified atom stereocenters. The van der Waals surface area contributed by atoms with E-state index >= 15 is 0 Å². The summed E-state index contributed by atoms with van der Waals surface area (Å²) < 4.78 is 10.5. The maximum atomic E-state index is 5.82. The van der Waals surface area contributed by atoms with Gasteiger partial charge in [0.1, 0.15) is 5.75 Å². The first-order chi connectivity index (χ1) is 8.74. The zero-order valence-corrected chi connectivity index (χ0v) is 10.6. The van der Waals surface area contributed by atoms with E-state index in [2.05, 4.69) is 0 Å². The summed E-state index contributed by atoms with van der Waals surface area (Å²) in [5.41, 5.74) is 9.87. The van der Waals surface area contributed by atoms with E-state index in [-0.39, 0.29) is 0 Å². The number of rotatable bonds is 4. The minimum Gasteiger partial charge on any atom is -0.497 e. The van der Waals surface area contributed by atoms with Gasteiger partial charge in [0.05, 0.1) is 13.7 Å². The highest BCUT2D eigenvalue weighted by atomic mass is 16.5. The first-order valence-electron chi connectivity index (χ1n) is 5.76. The van der Waals surface area contributed by atoms with Crippen molar-refractivity contribution in [2.75, 3.05) is 20.0 Å². The molecule has 0 amide bonds. The lowest BCUT2D eigenvalue weighted by Gasteiger charge is -2.11. The molecule has 94 valence electrons. The minimum absolute atomic E-state index is 0.543. The van der Waals surface area contributed by atoms with Crippen LogP contribution in [0.3, 0.4) is 0 Å². The Bertz CT molecular complexity index is 538. The molecule has 18 heavy (non-hydrogen) atoms. The molecule has 0 aliphatic heterocycles. The highest BCUT2D eigenvalue weighted by Crippen LogP contribution is 2.29. The normalized spacial score (nSPS) is 10.3. The molecule has 0 fully saturated rings. The molecule has 2 rings (SSSR count). The quantitative estimate of drug-likeness (QED) is 0.839. The predicted molar refractivity (Wildman–Crippen MR) is 73.6 cm³/mol. The Labute approximate surface area is 107 Å². The number of hydrogen-bond donors (Lipinski definition) is 1. The van der Waals surface area contributed by atoms with Crippen LogP contribution in [-0.4, -0.2) is 14.2 Å². The molecule has 0 atom stereocenters. The van der Waals surface area contributed by atoms with Crippen LogP contribution in [0.5, 0.6) is 5.75 Å². The van der Waals surface area contributed by atoms with Gasteiger partial charge in [0, 0.05) is 12.8 Å². The van der Waals surface area contributed by atoms with Crippen LogP contribution in [0.1, 0.15) is 5.56 Å². The van der Waals surface area contributed by atoms with E-state index in [1.807, 2.05) is 42.5 Å².